The summed E-state index contributed by atoms with van der Waals surface area (Å²) in [5, 5.41) is 7.22. The van der Waals surface area contributed by atoms with Crippen molar-refractivity contribution < 1.29 is 0 Å². The van der Waals surface area contributed by atoms with Gasteiger partial charge in [0.1, 0.15) is 0 Å². The Balaban J connectivity index is 2.18. The number of benzene rings is 1. The molecule has 1 aliphatic rings. The van der Waals surface area contributed by atoms with Crippen molar-refractivity contribution in [2.45, 2.75) is 33.1 Å². The van der Waals surface area contributed by atoms with Gasteiger partial charge in [0.25, 0.3) is 0 Å². The zero-order valence-corrected chi connectivity index (χ0v) is 12.9. The normalized spacial score (nSPS) is 13.8. The zero-order chi connectivity index (χ0) is 14.6. The lowest BCUT2D eigenvalue weighted by Crippen LogP contribution is -1.98. The fourth-order valence-corrected chi connectivity index (χ4v) is 3.57. The first-order chi connectivity index (χ1) is 10.1. The first-order valence-corrected chi connectivity index (χ1v) is 7.62. The van der Waals surface area contributed by atoms with Crippen LogP contribution in [-0.4, -0.2) is 20.2 Å². The molecule has 0 spiro atoms. The minimum Gasteiger partial charge on any atom is -0.282 e. The number of nitrogens with zero attached hydrogens (tertiary/aromatic N) is 2. The molecule has 0 unspecified atom stereocenters. The molecular weight excluding hydrogens is 280 g/mol. The highest BCUT2D eigenvalue weighted by Gasteiger charge is 2.23. The maximum Gasteiger partial charge on any atom is 0.213 e. The van der Waals surface area contributed by atoms with Crippen LogP contribution in [0, 0.1) is 18.6 Å². The maximum absolute atomic E-state index is 5.12. The Morgan fingerprint density at radius 3 is 2.71 bits per heavy atom. The Labute approximate surface area is 127 Å². The third-order valence-corrected chi connectivity index (χ3v) is 4.39. The zero-order valence-electron chi connectivity index (χ0n) is 12.1. The lowest BCUT2D eigenvalue weighted by molar-refractivity contribution is 0.901. The average molecular weight is 296 g/mol. The fourth-order valence-electron chi connectivity index (χ4n) is 3.43. The van der Waals surface area contributed by atoms with E-state index < -0.39 is 0 Å². The van der Waals surface area contributed by atoms with Crippen molar-refractivity contribution in [1.29, 1.82) is 0 Å². The Bertz CT molecular complexity index is 920. The van der Waals surface area contributed by atoms with Crippen LogP contribution in [0.3, 0.4) is 0 Å². The van der Waals surface area contributed by atoms with Gasteiger partial charge in [-0.2, -0.15) is 4.98 Å². The number of hydrogen-bond acceptors (Lipinski definition) is 3. The van der Waals surface area contributed by atoms with E-state index in [9.17, 15) is 0 Å². The summed E-state index contributed by atoms with van der Waals surface area (Å²) in [6, 6.07) is 4.36. The average Bonchev–Trinajstić information content (AvgIpc) is 3.04. The van der Waals surface area contributed by atoms with Crippen LogP contribution in [0.1, 0.15) is 28.8 Å². The number of nitrogens with one attached hydrogen (secondary N) is 2. The van der Waals surface area contributed by atoms with Gasteiger partial charge in [0.05, 0.1) is 5.52 Å². The molecule has 4 nitrogen and oxygen atoms in total. The van der Waals surface area contributed by atoms with Gasteiger partial charge in [-0.1, -0.05) is 6.07 Å². The van der Waals surface area contributed by atoms with E-state index in [2.05, 4.69) is 41.2 Å². The lowest BCUT2D eigenvalue weighted by Gasteiger charge is -2.13. The molecule has 106 valence electrons. The van der Waals surface area contributed by atoms with Gasteiger partial charge in [-0.3, -0.25) is 15.2 Å². The van der Waals surface area contributed by atoms with Crippen molar-refractivity contribution in [3.63, 3.8) is 0 Å². The van der Waals surface area contributed by atoms with Crippen LogP contribution in [0.4, 0.5) is 0 Å². The predicted octanol–water partition coefficient (Wildman–Crippen LogP) is 3.79. The third kappa shape index (κ3) is 1.92. The fraction of sp³-hybridized carbons (Fsp3) is 0.312. The van der Waals surface area contributed by atoms with E-state index in [-0.39, 0.29) is 0 Å². The number of aryl methyl sites for hydroxylation is 3. The first kappa shape index (κ1) is 12.7. The monoisotopic (exact) mass is 296 g/mol. The van der Waals surface area contributed by atoms with E-state index in [0.29, 0.717) is 4.77 Å². The van der Waals surface area contributed by atoms with Crippen molar-refractivity contribution in [1.82, 2.24) is 20.2 Å². The van der Waals surface area contributed by atoms with Crippen LogP contribution in [0.25, 0.3) is 22.3 Å². The predicted molar refractivity (Wildman–Crippen MR) is 86.0 cm³/mol. The second kappa shape index (κ2) is 4.49. The van der Waals surface area contributed by atoms with Gasteiger partial charge in [-0.25, -0.2) is 0 Å². The van der Waals surface area contributed by atoms with Gasteiger partial charge in [-0.15, -0.1) is 0 Å². The van der Waals surface area contributed by atoms with Gasteiger partial charge < -0.3 is 0 Å². The highest BCUT2D eigenvalue weighted by atomic mass is 32.1. The molecule has 0 fully saturated rings. The number of aromatic nitrogens is 4. The summed E-state index contributed by atoms with van der Waals surface area (Å²) in [5.74, 6) is 0.831. The molecule has 0 bridgehead atoms. The van der Waals surface area contributed by atoms with Crippen molar-refractivity contribution in [3.05, 3.63) is 39.3 Å². The summed E-state index contributed by atoms with van der Waals surface area (Å²) >= 11 is 5.12. The minimum absolute atomic E-state index is 0.492. The van der Waals surface area contributed by atoms with Gasteiger partial charge >= 0.3 is 0 Å². The first-order valence-electron chi connectivity index (χ1n) is 7.21. The third-order valence-electron chi connectivity index (χ3n) is 4.19. The molecule has 1 aliphatic carbocycles. The molecule has 0 aliphatic heterocycles. The van der Waals surface area contributed by atoms with Crippen molar-refractivity contribution in [2.24, 2.45) is 0 Å². The molecule has 2 N–H and O–H groups in total. The summed E-state index contributed by atoms with van der Waals surface area (Å²) in [6.07, 6.45) is 3.28. The van der Waals surface area contributed by atoms with Crippen LogP contribution < -0.4 is 0 Å². The number of H-pyrrole nitrogens is 2. The van der Waals surface area contributed by atoms with Crippen LogP contribution in [-0.2, 0) is 12.8 Å². The molecule has 0 radical (unpaired) electrons. The van der Waals surface area contributed by atoms with Gasteiger partial charge in [0.15, 0.2) is 5.82 Å². The molecule has 5 heteroatoms. The molecule has 0 saturated carbocycles. The molecule has 1 aromatic carbocycles. The summed E-state index contributed by atoms with van der Waals surface area (Å²) in [7, 11) is 0. The molecule has 2 heterocycles. The highest BCUT2D eigenvalue weighted by Crippen LogP contribution is 2.37. The Morgan fingerprint density at radius 2 is 1.95 bits per heavy atom. The van der Waals surface area contributed by atoms with Gasteiger partial charge in [-0.05, 0) is 68.1 Å². The summed E-state index contributed by atoms with van der Waals surface area (Å²) in [5.41, 5.74) is 7.26. The van der Waals surface area contributed by atoms with Crippen molar-refractivity contribution in [3.8, 4) is 11.4 Å². The van der Waals surface area contributed by atoms with Gasteiger partial charge in [0, 0.05) is 16.6 Å². The number of hydrogen-bond donors (Lipinski definition) is 2. The van der Waals surface area contributed by atoms with Crippen LogP contribution in [0.5, 0.6) is 0 Å². The van der Waals surface area contributed by atoms with E-state index in [1.165, 1.54) is 33.3 Å². The molecule has 0 atom stereocenters. The van der Waals surface area contributed by atoms with Crippen LogP contribution >= 0.6 is 12.2 Å². The number of aromatic amines is 2. The second-order valence-corrected chi connectivity index (χ2v) is 6.14. The van der Waals surface area contributed by atoms with E-state index >= 15 is 0 Å². The van der Waals surface area contributed by atoms with Crippen molar-refractivity contribution >= 4 is 23.1 Å². The summed E-state index contributed by atoms with van der Waals surface area (Å²) in [4.78, 5) is 9.34. The number of pyridine rings is 1. The number of rotatable bonds is 1. The largest absolute Gasteiger partial charge is 0.282 e. The standard InChI is InChI=1S/C16H16N4S/c1-8-6-9(2)13-12(7-8)17-11-5-3-4-10(11)14(13)15-18-16(21)20-19-15/h6-7H,3-5H2,1-2H3,(H2,18,19,20,21). The molecule has 4 rings (SSSR count). The molecular formula is C16H16N4S. The molecule has 2 aromatic heterocycles. The molecule has 21 heavy (non-hydrogen) atoms. The molecule has 3 aromatic rings. The Kier molecular flexibility index (Phi) is 2.72. The van der Waals surface area contributed by atoms with E-state index in [4.69, 9.17) is 17.2 Å². The quantitative estimate of drug-likeness (QED) is 0.672. The number of fused-ring (bicyclic) bond motifs is 2. The summed E-state index contributed by atoms with van der Waals surface area (Å²) in [6.45, 7) is 4.26. The molecule has 0 saturated heterocycles. The Hall–Kier alpha value is -2.01. The van der Waals surface area contributed by atoms with Crippen molar-refractivity contribution in [2.75, 3.05) is 0 Å². The maximum atomic E-state index is 5.12. The van der Waals surface area contributed by atoms with E-state index in [0.717, 1.165) is 30.6 Å². The lowest BCUT2D eigenvalue weighted by atomic mass is 9.96. The highest BCUT2D eigenvalue weighted by molar-refractivity contribution is 7.71. The SMILES string of the molecule is Cc1cc(C)c2c(-c3nc(=S)[nH][nH]3)c3c(nc2c1)CCC3. The van der Waals surface area contributed by atoms with Crippen LogP contribution in [0.15, 0.2) is 12.1 Å². The second-order valence-electron chi connectivity index (χ2n) is 5.76. The smallest absolute Gasteiger partial charge is 0.213 e. The van der Waals surface area contributed by atoms with Gasteiger partial charge in [0.2, 0.25) is 4.77 Å². The molecule has 0 amide bonds. The summed E-state index contributed by atoms with van der Waals surface area (Å²) < 4.78 is 0.492. The minimum atomic E-state index is 0.492. The van der Waals surface area contributed by atoms with E-state index in [1.807, 2.05) is 0 Å². The Morgan fingerprint density at radius 1 is 1.10 bits per heavy atom. The van der Waals surface area contributed by atoms with Crippen LogP contribution in [0.2, 0.25) is 0 Å². The van der Waals surface area contributed by atoms with E-state index in [1.54, 1.807) is 0 Å². The topological polar surface area (TPSA) is 57.4 Å².